The van der Waals surface area contributed by atoms with Crippen LogP contribution in [0, 0.1) is 5.41 Å². The van der Waals surface area contributed by atoms with Crippen molar-refractivity contribution in [1.82, 2.24) is 5.32 Å². The van der Waals surface area contributed by atoms with Gasteiger partial charge < -0.3 is 20.9 Å². The molecule has 0 heterocycles. The Morgan fingerprint density at radius 3 is 2.50 bits per heavy atom. The van der Waals surface area contributed by atoms with Crippen molar-refractivity contribution < 1.29 is 27.8 Å². The Hall–Kier alpha value is -1.80. The first-order chi connectivity index (χ1) is 10.9. The summed E-state index contributed by atoms with van der Waals surface area (Å²) in [5.74, 6) is -0.429. The molecule has 4 N–H and O–H groups in total. The molecule has 0 fully saturated rings. The number of nitrogens with one attached hydrogen (secondary N) is 1. The number of benzene rings is 1. The molecule has 0 aliphatic heterocycles. The van der Waals surface area contributed by atoms with E-state index in [2.05, 4.69) is 5.32 Å². The molecule has 1 amide bonds. The lowest BCUT2D eigenvalue weighted by Crippen LogP contribution is -2.50. The lowest BCUT2D eigenvalue weighted by molar-refractivity contribution is -0.137. The number of nitrogens with two attached hydrogens (primary N) is 1. The van der Waals surface area contributed by atoms with Crippen molar-refractivity contribution in [3.05, 3.63) is 29.8 Å². The summed E-state index contributed by atoms with van der Waals surface area (Å²) in [6, 6.07) is 3.61. The van der Waals surface area contributed by atoms with Crippen molar-refractivity contribution >= 4 is 5.91 Å². The molecule has 1 aromatic rings. The molecule has 8 heteroatoms. The van der Waals surface area contributed by atoms with Crippen molar-refractivity contribution in [2.45, 2.75) is 39.1 Å². The molecule has 1 aromatic carbocycles. The standard InChI is InChI=1S/C16H23F3N2O3/c1-15(2,3)13(20)14(23)21-8-11(22)9-24-12-6-4-5-10(7-12)16(17,18)19/h4-7,11,13,22H,8-9,20H2,1-3H3,(H,21,23)/t11?,13-/m1/s1. The van der Waals surface area contributed by atoms with Crippen LogP contribution in [0.25, 0.3) is 0 Å². The molecule has 5 nitrogen and oxygen atoms in total. The second kappa shape index (κ2) is 7.85. The van der Waals surface area contributed by atoms with Gasteiger partial charge in [0.15, 0.2) is 0 Å². The Kier molecular flexibility index (Phi) is 6.62. The van der Waals surface area contributed by atoms with Gasteiger partial charge in [0.1, 0.15) is 18.5 Å². The second-order valence-corrected chi connectivity index (χ2v) is 6.58. The molecule has 0 radical (unpaired) electrons. The molecule has 136 valence electrons. The predicted octanol–water partition coefficient (Wildman–Crippen LogP) is 1.93. The van der Waals surface area contributed by atoms with Gasteiger partial charge in [-0.25, -0.2) is 0 Å². The predicted molar refractivity (Wildman–Crippen MR) is 83.4 cm³/mol. The maximum Gasteiger partial charge on any atom is 0.416 e. The monoisotopic (exact) mass is 348 g/mol. The zero-order chi connectivity index (χ0) is 18.5. The summed E-state index contributed by atoms with van der Waals surface area (Å²) in [6.07, 6.45) is -5.54. The zero-order valence-electron chi connectivity index (χ0n) is 13.9. The number of rotatable bonds is 6. The first kappa shape index (κ1) is 20.2. The molecule has 1 unspecified atom stereocenters. The van der Waals surface area contributed by atoms with Gasteiger partial charge in [-0.1, -0.05) is 26.8 Å². The van der Waals surface area contributed by atoms with E-state index in [0.717, 1.165) is 12.1 Å². The van der Waals surface area contributed by atoms with Gasteiger partial charge in [0.25, 0.3) is 0 Å². The molecule has 2 atom stereocenters. The van der Waals surface area contributed by atoms with Gasteiger partial charge >= 0.3 is 6.18 Å². The van der Waals surface area contributed by atoms with Crippen LogP contribution in [0.1, 0.15) is 26.3 Å². The fourth-order valence-corrected chi connectivity index (χ4v) is 1.74. The summed E-state index contributed by atoms with van der Waals surface area (Å²) in [7, 11) is 0. The van der Waals surface area contributed by atoms with Crippen molar-refractivity contribution in [3.63, 3.8) is 0 Å². The van der Waals surface area contributed by atoms with Crippen molar-refractivity contribution in [3.8, 4) is 5.75 Å². The van der Waals surface area contributed by atoms with E-state index >= 15 is 0 Å². The van der Waals surface area contributed by atoms with E-state index in [9.17, 15) is 23.1 Å². The molecule has 0 bridgehead atoms. The Morgan fingerprint density at radius 2 is 1.96 bits per heavy atom. The molecule has 1 rings (SSSR count). The summed E-state index contributed by atoms with van der Waals surface area (Å²) in [5, 5.41) is 12.3. The molecule has 0 aliphatic rings. The topological polar surface area (TPSA) is 84.6 Å². The number of hydrogen-bond donors (Lipinski definition) is 3. The van der Waals surface area contributed by atoms with Crippen LogP contribution >= 0.6 is 0 Å². The first-order valence-corrected chi connectivity index (χ1v) is 7.42. The number of carbonyl (C=O) groups is 1. The van der Waals surface area contributed by atoms with Gasteiger partial charge in [0.2, 0.25) is 5.91 Å². The third-order valence-electron chi connectivity index (χ3n) is 3.33. The number of hydrogen-bond acceptors (Lipinski definition) is 4. The van der Waals surface area contributed by atoms with E-state index in [0.29, 0.717) is 0 Å². The Labute approximate surface area is 139 Å². The molecule has 0 spiro atoms. The summed E-state index contributed by atoms with van der Waals surface area (Å²) in [5.41, 5.74) is 4.51. The fourth-order valence-electron chi connectivity index (χ4n) is 1.74. The lowest BCUT2D eigenvalue weighted by Gasteiger charge is -2.26. The normalized spacial score (nSPS) is 14.8. The molecule has 24 heavy (non-hydrogen) atoms. The van der Waals surface area contributed by atoms with Gasteiger partial charge in [-0.15, -0.1) is 0 Å². The van der Waals surface area contributed by atoms with E-state index in [1.54, 1.807) is 0 Å². The van der Waals surface area contributed by atoms with Crippen LogP contribution in [0.3, 0.4) is 0 Å². The highest BCUT2D eigenvalue weighted by molar-refractivity contribution is 5.82. The van der Waals surface area contributed by atoms with Crippen LogP contribution in [-0.2, 0) is 11.0 Å². The second-order valence-electron chi connectivity index (χ2n) is 6.58. The smallest absolute Gasteiger partial charge is 0.416 e. The fraction of sp³-hybridized carbons (Fsp3) is 0.562. The average Bonchev–Trinajstić information content (AvgIpc) is 2.48. The number of aliphatic hydroxyl groups excluding tert-OH is 1. The molecule has 0 saturated heterocycles. The molecule has 0 aromatic heterocycles. The third kappa shape index (κ3) is 6.37. The number of ether oxygens (including phenoxy) is 1. The van der Waals surface area contributed by atoms with Gasteiger partial charge in [-0.05, 0) is 23.6 Å². The number of carbonyl (C=O) groups excluding carboxylic acids is 1. The maximum absolute atomic E-state index is 12.6. The van der Waals surface area contributed by atoms with Crippen LogP contribution in [0.15, 0.2) is 24.3 Å². The highest BCUT2D eigenvalue weighted by Crippen LogP contribution is 2.31. The Bertz CT molecular complexity index is 556. The van der Waals surface area contributed by atoms with E-state index in [1.165, 1.54) is 12.1 Å². The number of aliphatic hydroxyl groups is 1. The van der Waals surface area contributed by atoms with Crippen molar-refractivity contribution in [1.29, 1.82) is 0 Å². The molecular weight excluding hydrogens is 325 g/mol. The first-order valence-electron chi connectivity index (χ1n) is 7.42. The number of alkyl halides is 3. The zero-order valence-corrected chi connectivity index (χ0v) is 13.9. The Morgan fingerprint density at radius 1 is 1.33 bits per heavy atom. The highest BCUT2D eigenvalue weighted by Gasteiger charge is 2.30. The Balaban J connectivity index is 2.47. The van der Waals surface area contributed by atoms with E-state index < -0.39 is 35.2 Å². The third-order valence-corrected chi connectivity index (χ3v) is 3.33. The number of halogens is 3. The minimum absolute atomic E-state index is 0.0124. The SMILES string of the molecule is CC(C)(C)[C@H](N)C(=O)NCC(O)COc1cccc(C(F)(F)F)c1. The van der Waals surface area contributed by atoms with Crippen LogP contribution in [-0.4, -0.2) is 36.3 Å². The van der Waals surface area contributed by atoms with Crippen LogP contribution in [0.5, 0.6) is 5.75 Å². The molecule has 0 aliphatic carbocycles. The number of amides is 1. The largest absolute Gasteiger partial charge is 0.491 e. The van der Waals surface area contributed by atoms with Crippen LogP contribution in [0.4, 0.5) is 13.2 Å². The van der Waals surface area contributed by atoms with Gasteiger partial charge in [-0.3, -0.25) is 4.79 Å². The summed E-state index contributed by atoms with van der Waals surface area (Å²) < 4.78 is 42.9. The van der Waals surface area contributed by atoms with Gasteiger partial charge in [0, 0.05) is 6.54 Å². The van der Waals surface area contributed by atoms with E-state index in [4.69, 9.17) is 10.5 Å². The minimum Gasteiger partial charge on any atom is -0.491 e. The summed E-state index contributed by atoms with van der Waals surface area (Å²) in [6.45, 7) is 5.06. The summed E-state index contributed by atoms with van der Waals surface area (Å²) in [4.78, 5) is 11.8. The van der Waals surface area contributed by atoms with Crippen LogP contribution < -0.4 is 15.8 Å². The molecule has 0 saturated carbocycles. The van der Waals surface area contributed by atoms with E-state index in [1.807, 2.05) is 20.8 Å². The van der Waals surface area contributed by atoms with Crippen LogP contribution in [0.2, 0.25) is 0 Å². The van der Waals surface area contributed by atoms with Crippen molar-refractivity contribution in [2.75, 3.05) is 13.2 Å². The average molecular weight is 348 g/mol. The summed E-state index contributed by atoms with van der Waals surface area (Å²) >= 11 is 0. The van der Waals surface area contributed by atoms with Gasteiger partial charge in [0.05, 0.1) is 11.6 Å². The van der Waals surface area contributed by atoms with E-state index in [-0.39, 0.29) is 18.9 Å². The molecular formula is C16H23F3N2O3. The van der Waals surface area contributed by atoms with Gasteiger partial charge in [-0.2, -0.15) is 13.2 Å². The van der Waals surface area contributed by atoms with Crippen molar-refractivity contribution in [2.24, 2.45) is 11.1 Å². The lowest BCUT2D eigenvalue weighted by atomic mass is 9.87. The highest BCUT2D eigenvalue weighted by atomic mass is 19.4. The quantitative estimate of drug-likeness (QED) is 0.733. The minimum atomic E-state index is -4.46. The maximum atomic E-state index is 12.6.